The average Bonchev–Trinajstić information content (AvgIpc) is 2.79. The van der Waals surface area contributed by atoms with Crippen LogP contribution >= 0.6 is 0 Å². The smallest absolute Gasteiger partial charge is 0.260 e. The molecular formula is C27H22BNO2. The van der Waals surface area contributed by atoms with E-state index in [9.17, 15) is 0 Å². The maximum absolute atomic E-state index is 6.54. The van der Waals surface area contributed by atoms with Crippen molar-refractivity contribution in [3.63, 3.8) is 0 Å². The number of para-hydroxylation sites is 2. The normalized spacial score (nSPS) is 13.1. The number of aryl methyl sites for hydroxylation is 1. The van der Waals surface area contributed by atoms with Crippen LogP contribution in [0.4, 0.5) is 0 Å². The third-order valence-corrected chi connectivity index (χ3v) is 6.38. The molecule has 4 aromatic rings. The lowest BCUT2D eigenvalue weighted by Crippen LogP contribution is -2.57. The number of aromatic nitrogens is 1. The Balaban J connectivity index is 1.62. The maximum Gasteiger partial charge on any atom is 0.260 e. The molecule has 0 fully saturated rings. The predicted octanol–water partition coefficient (Wildman–Crippen LogP) is 4.91. The van der Waals surface area contributed by atoms with Crippen LogP contribution in [-0.2, 0) is 0 Å². The molecule has 0 saturated heterocycles. The standard InChI is InChI=1S/C27H22BNO2/c1-16(2)19-14-22(29-15-17(19)3)18-12-13-25-26-27(18)31-24-11-7-5-9-21(24)28(26)20-8-4-6-10-23(20)30-25/h4-16H,1-3H3. The summed E-state index contributed by atoms with van der Waals surface area (Å²) in [4.78, 5) is 4.78. The first kappa shape index (κ1) is 18.3. The molecular weight excluding hydrogens is 381 g/mol. The Morgan fingerprint density at radius 1 is 0.806 bits per heavy atom. The third kappa shape index (κ3) is 2.71. The Bertz CT molecular complexity index is 1330. The molecule has 0 saturated carbocycles. The van der Waals surface area contributed by atoms with Crippen molar-refractivity contribution in [3.8, 4) is 34.3 Å². The second kappa shape index (κ2) is 6.74. The Kier molecular flexibility index (Phi) is 3.97. The zero-order valence-electron chi connectivity index (χ0n) is 17.8. The van der Waals surface area contributed by atoms with E-state index in [4.69, 9.17) is 14.5 Å². The summed E-state index contributed by atoms with van der Waals surface area (Å²) in [6.07, 6.45) is 1.97. The first-order valence-corrected chi connectivity index (χ1v) is 10.8. The molecule has 3 heterocycles. The summed E-state index contributed by atoms with van der Waals surface area (Å²) >= 11 is 0. The molecule has 2 aliphatic rings. The second-order valence-corrected chi connectivity index (χ2v) is 8.65. The van der Waals surface area contributed by atoms with E-state index in [0.717, 1.165) is 39.7 Å². The van der Waals surface area contributed by atoms with Gasteiger partial charge in [-0.3, -0.25) is 4.98 Å². The number of nitrogens with zero attached hydrogens (tertiary/aromatic N) is 1. The number of benzene rings is 3. The van der Waals surface area contributed by atoms with E-state index in [2.05, 4.69) is 69.3 Å². The first-order chi connectivity index (χ1) is 15.1. The van der Waals surface area contributed by atoms with Gasteiger partial charge in [-0.25, -0.2) is 0 Å². The highest BCUT2D eigenvalue weighted by atomic mass is 16.5. The van der Waals surface area contributed by atoms with Crippen molar-refractivity contribution < 1.29 is 9.47 Å². The molecule has 3 nitrogen and oxygen atoms in total. The van der Waals surface area contributed by atoms with Crippen LogP contribution in [0.15, 0.2) is 72.9 Å². The van der Waals surface area contributed by atoms with E-state index < -0.39 is 0 Å². The minimum atomic E-state index is 0.0786. The van der Waals surface area contributed by atoms with Crippen LogP contribution in [0.5, 0.6) is 23.0 Å². The average molecular weight is 403 g/mol. The quantitative estimate of drug-likeness (QED) is 0.385. The van der Waals surface area contributed by atoms with Crippen molar-refractivity contribution in [1.82, 2.24) is 4.98 Å². The van der Waals surface area contributed by atoms with Crippen LogP contribution in [0.25, 0.3) is 11.3 Å². The predicted molar refractivity (Wildman–Crippen MR) is 126 cm³/mol. The van der Waals surface area contributed by atoms with Crippen molar-refractivity contribution >= 4 is 23.1 Å². The van der Waals surface area contributed by atoms with Gasteiger partial charge in [-0.2, -0.15) is 0 Å². The molecule has 0 atom stereocenters. The fourth-order valence-electron chi connectivity index (χ4n) is 4.89. The maximum atomic E-state index is 6.54. The molecule has 0 spiro atoms. The van der Waals surface area contributed by atoms with Gasteiger partial charge in [0.25, 0.3) is 6.71 Å². The van der Waals surface area contributed by atoms with E-state index >= 15 is 0 Å². The van der Waals surface area contributed by atoms with Gasteiger partial charge in [-0.1, -0.05) is 50.2 Å². The van der Waals surface area contributed by atoms with Crippen LogP contribution in [0.3, 0.4) is 0 Å². The molecule has 0 bridgehead atoms. The Hall–Kier alpha value is -3.53. The van der Waals surface area contributed by atoms with Gasteiger partial charge < -0.3 is 9.47 Å². The van der Waals surface area contributed by atoms with E-state index in [0.29, 0.717) is 5.92 Å². The van der Waals surface area contributed by atoms with E-state index in [-0.39, 0.29) is 6.71 Å². The zero-order valence-corrected chi connectivity index (χ0v) is 17.8. The van der Waals surface area contributed by atoms with Gasteiger partial charge in [0.05, 0.1) is 5.69 Å². The molecule has 0 radical (unpaired) electrons. The minimum absolute atomic E-state index is 0.0786. The monoisotopic (exact) mass is 403 g/mol. The van der Waals surface area contributed by atoms with Crippen molar-refractivity contribution in [1.29, 1.82) is 0 Å². The fourth-order valence-corrected chi connectivity index (χ4v) is 4.89. The summed E-state index contributed by atoms with van der Waals surface area (Å²) in [6.45, 7) is 6.64. The Morgan fingerprint density at radius 2 is 1.48 bits per heavy atom. The summed E-state index contributed by atoms with van der Waals surface area (Å²) in [5.74, 6) is 3.94. The zero-order chi connectivity index (χ0) is 21.1. The van der Waals surface area contributed by atoms with Gasteiger partial charge in [0.1, 0.15) is 23.0 Å². The van der Waals surface area contributed by atoms with Gasteiger partial charge >= 0.3 is 0 Å². The Labute approximate surface area is 182 Å². The van der Waals surface area contributed by atoms with E-state index in [1.807, 2.05) is 24.4 Å². The van der Waals surface area contributed by atoms with Crippen LogP contribution < -0.4 is 25.9 Å². The van der Waals surface area contributed by atoms with Gasteiger partial charge in [-0.05, 0) is 65.2 Å². The molecule has 6 rings (SSSR count). The van der Waals surface area contributed by atoms with Crippen LogP contribution in [0.2, 0.25) is 0 Å². The summed E-state index contributed by atoms with van der Waals surface area (Å²) in [5.41, 5.74) is 7.89. The lowest BCUT2D eigenvalue weighted by atomic mass is 9.34. The molecule has 2 aliphatic heterocycles. The summed E-state index contributed by atoms with van der Waals surface area (Å²) in [5, 5.41) is 0. The van der Waals surface area contributed by atoms with Gasteiger partial charge in [0.2, 0.25) is 0 Å². The molecule has 150 valence electrons. The largest absolute Gasteiger partial charge is 0.458 e. The van der Waals surface area contributed by atoms with Gasteiger partial charge in [-0.15, -0.1) is 0 Å². The second-order valence-electron chi connectivity index (χ2n) is 8.65. The topological polar surface area (TPSA) is 31.4 Å². The summed E-state index contributed by atoms with van der Waals surface area (Å²) < 4.78 is 12.8. The molecule has 1 aromatic heterocycles. The molecule has 0 aliphatic carbocycles. The summed E-state index contributed by atoms with van der Waals surface area (Å²) in [7, 11) is 0. The Morgan fingerprint density at radius 3 is 2.19 bits per heavy atom. The first-order valence-electron chi connectivity index (χ1n) is 10.8. The number of hydrogen-bond donors (Lipinski definition) is 0. The molecule has 3 aromatic carbocycles. The number of rotatable bonds is 2. The minimum Gasteiger partial charge on any atom is -0.458 e. The third-order valence-electron chi connectivity index (χ3n) is 6.38. The van der Waals surface area contributed by atoms with E-state index in [1.165, 1.54) is 22.1 Å². The number of pyridine rings is 1. The van der Waals surface area contributed by atoms with Crippen LogP contribution in [-0.4, -0.2) is 11.7 Å². The van der Waals surface area contributed by atoms with Crippen LogP contribution in [0.1, 0.15) is 30.9 Å². The lowest BCUT2D eigenvalue weighted by Gasteiger charge is -2.33. The number of ether oxygens (including phenoxy) is 2. The highest BCUT2D eigenvalue weighted by Gasteiger charge is 2.41. The molecule has 0 N–H and O–H groups in total. The van der Waals surface area contributed by atoms with Crippen molar-refractivity contribution in [2.45, 2.75) is 26.7 Å². The molecule has 31 heavy (non-hydrogen) atoms. The van der Waals surface area contributed by atoms with E-state index in [1.54, 1.807) is 0 Å². The van der Waals surface area contributed by atoms with Crippen molar-refractivity contribution in [2.75, 3.05) is 0 Å². The van der Waals surface area contributed by atoms with Crippen molar-refractivity contribution in [2.24, 2.45) is 0 Å². The SMILES string of the molecule is Cc1cnc(-c2ccc3c4c2Oc2ccccc2B4c2ccccc2O3)cc1C(C)C. The van der Waals surface area contributed by atoms with Crippen molar-refractivity contribution in [3.05, 3.63) is 84.1 Å². The van der Waals surface area contributed by atoms with Gasteiger partial charge in [0.15, 0.2) is 0 Å². The fraction of sp³-hybridized carbons (Fsp3) is 0.148. The lowest BCUT2D eigenvalue weighted by molar-refractivity contribution is 0.465. The number of hydrogen-bond acceptors (Lipinski definition) is 3. The van der Waals surface area contributed by atoms with Crippen LogP contribution in [0, 0.1) is 6.92 Å². The summed E-state index contributed by atoms with van der Waals surface area (Å²) in [6, 6.07) is 22.9. The number of fused-ring (bicyclic) bond motifs is 4. The molecule has 0 unspecified atom stereocenters. The highest BCUT2D eigenvalue weighted by molar-refractivity contribution is 6.98. The van der Waals surface area contributed by atoms with Gasteiger partial charge in [0, 0.05) is 17.2 Å². The highest BCUT2D eigenvalue weighted by Crippen LogP contribution is 2.40. The molecule has 0 amide bonds. The molecule has 4 heteroatoms.